The Kier molecular flexibility index (Phi) is 6.29. The lowest BCUT2D eigenvalue weighted by atomic mass is 10.1. The second kappa shape index (κ2) is 9.46. The molecule has 0 saturated heterocycles. The number of amides is 1. The van der Waals surface area contributed by atoms with E-state index in [0.717, 1.165) is 28.1 Å². The Morgan fingerprint density at radius 3 is 2.72 bits per heavy atom. The highest BCUT2D eigenvalue weighted by atomic mass is 32.1. The highest BCUT2D eigenvalue weighted by Crippen LogP contribution is 2.25. The number of carbonyl (C=O) groups excluding carboxylic acids is 1. The minimum absolute atomic E-state index is 0.197. The van der Waals surface area contributed by atoms with Gasteiger partial charge in [0.05, 0.1) is 28.6 Å². The second-order valence-corrected chi connectivity index (χ2v) is 8.15. The lowest BCUT2D eigenvalue weighted by Crippen LogP contribution is -2.15. The SMILES string of the molecule is Cc1cc(OCc2cccc(C#N)c2)ccc1NC(=O)c1ccc(-c2ccsc2)nc1C. The van der Waals surface area contributed by atoms with Crippen molar-refractivity contribution in [3.8, 4) is 23.1 Å². The third kappa shape index (κ3) is 4.85. The van der Waals surface area contributed by atoms with Crippen LogP contribution in [-0.2, 0) is 6.61 Å². The minimum Gasteiger partial charge on any atom is -0.489 e. The number of pyridine rings is 1. The van der Waals surface area contributed by atoms with Crippen molar-refractivity contribution in [3.05, 3.63) is 99.4 Å². The average molecular weight is 440 g/mol. The van der Waals surface area contributed by atoms with E-state index in [1.807, 2.05) is 79.2 Å². The first-order valence-corrected chi connectivity index (χ1v) is 11.0. The number of nitrogens with zero attached hydrogens (tertiary/aromatic N) is 2. The molecule has 0 unspecified atom stereocenters. The monoisotopic (exact) mass is 439 g/mol. The Morgan fingerprint density at radius 1 is 1.12 bits per heavy atom. The van der Waals surface area contributed by atoms with Crippen LogP contribution >= 0.6 is 11.3 Å². The summed E-state index contributed by atoms with van der Waals surface area (Å²) >= 11 is 1.62. The standard InChI is InChI=1S/C26H21N3O2S/c1-17-12-22(31-15-20-5-3-4-19(13-20)14-27)6-8-24(17)29-26(30)23-7-9-25(28-18(23)2)21-10-11-32-16-21/h3-13,16H,15H2,1-2H3,(H,29,30). The van der Waals surface area contributed by atoms with Gasteiger partial charge in [0.1, 0.15) is 12.4 Å². The van der Waals surface area contributed by atoms with Crippen molar-refractivity contribution in [2.75, 3.05) is 5.32 Å². The third-order valence-electron chi connectivity index (χ3n) is 5.06. The number of benzene rings is 2. The van der Waals surface area contributed by atoms with Gasteiger partial charge in [-0.15, -0.1) is 0 Å². The number of aryl methyl sites for hydroxylation is 2. The number of hydrogen-bond acceptors (Lipinski definition) is 5. The van der Waals surface area contributed by atoms with Gasteiger partial charge in [-0.05, 0) is 78.9 Å². The zero-order chi connectivity index (χ0) is 22.5. The molecule has 1 N–H and O–H groups in total. The molecule has 1 amide bonds. The van der Waals surface area contributed by atoms with Crippen molar-refractivity contribution in [2.45, 2.75) is 20.5 Å². The van der Waals surface area contributed by atoms with E-state index >= 15 is 0 Å². The van der Waals surface area contributed by atoms with E-state index in [9.17, 15) is 4.79 Å². The molecule has 158 valence electrons. The van der Waals surface area contributed by atoms with E-state index in [1.165, 1.54) is 0 Å². The van der Waals surface area contributed by atoms with Crippen molar-refractivity contribution in [1.82, 2.24) is 4.98 Å². The molecule has 0 atom stereocenters. The van der Waals surface area contributed by atoms with Gasteiger partial charge in [-0.25, -0.2) is 0 Å². The first-order chi connectivity index (χ1) is 15.5. The van der Waals surface area contributed by atoms with E-state index in [1.54, 1.807) is 17.4 Å². The molecular weight excluding hydrogens is 418 g/mol. The number of nitrogens with one attached hydrogen (secondary N) is 1. The summed E-state index contributed by atoms with van der Waals surface area (Å²) in [5, 5.41) is 16.0. The van der Waals surface area contributed by atoms with E-state index in [4.69, 9.17) is 10.00 Å². The summed E-state index contributed by atoms with van der Waals surface area (Å²) < 4.78 is 5.85. The molecule has 0 radical (unpaired) electrons. The number of rotatable bonds is 6. The highest BCUT2D eigenvalue weighted by molar-refractivity contribution is 7.08. The van der Waals surface area contributed by atoms with Crippen LogP contribution in [0.5, 0.6) is 5.75 Å². The third-order valence-corrected chi connectivity index (χ3v) is 5.74. The minimum atomic E-state index is -0.197. The lowest BCUT2D eigenvalue weighted by Gasteiger charge is -2.13. The summed E-state index contributed by atoms with van der Waals surface area (Å²) in [7, 11) is 0. The molecule has 0 aliphatic carbocycles. The molecule has 2 aromatic carbocycles. The molecule has 0 aliphatic heterocycles. The van der Waals surface area contributed by atoms with E-state index in [-0.39, 0.29) is 5.91 Å². The number of anilines is 1. The van der Waals surface area contributed by atoms with Gasteiger partial charge < -0.3 is 10.1 Å². The number of nitriles is 1. The lowest BCUT2D eigenvalue weighted by molar-refractivity contribution is 0.102. The van der Waals surface area contributed by atoms with Gasteiger partial charge in [0.2, 0.25) is 0 Å². The van der Waals surface area contributed by atoms with E-state index < -0.39 is 0 Å². The molecule has 0 bridgehead atoms. The van der Waals surface area contributed by atoms with Crippen molar-refractivity contribution in [1.29, 1.82) is 5.26 Å². The maximum Gasteiger partial charge on any atom is 0.257 e. The molecule has 2 heterocycles. The molecule has 4 aromatic rings. The number of hydrogen-bond donors (Lipinski definition) is 1. The second-order valence-electron chi connectivity index (χ2n) is 7.37. The number of carbonyl (C=O) groups is 1. The van der Waals surface area contributed by atoms with Gasteiger partial charge in [0, 0.05) is 16.6 Å². The Labute approximate surface area is 191 Å². The first kappa shape index (κ1) is 21.3. The van der Waals surface area contributed by atoms with Crippen LogP contribution in [0.25, 0.3) is 11.3 Å². The fourth-order valence-corrected chi connectivity index (χ4v) is 3.97. The van der Waals surface area contributed by atoms with Gasteiger partial charge in [-0.2, -0.15) is 16.6 Å². The van der Waals surface area contributed by atoms with Gasteiger partial charge in [-0.1, -0.05) is 12.1 Å². The van der Waals surface area contributed by atoms with Crippen LogP contribution in [0.2, 0.25) is 0 Å². The summed E-state index contributed by atoms with van der Waals surface area (Å²) in [6.45, 7) is 4.13. The maximum absolute atomic E-state index is 12.8. The fourth-order valence-electron chi connectivity index (χ4n) is 3.33. The zero-order valence-corrected chi connectivity index (χ0v) is 18.6. The maximum atomic E-state index is 12.8. The van der Waals surface area contributed by atoms with E-state index in [2.05, 4.69) is 16.4 Å². The van der Waals surface area contributed by atoms with Gasteiger partial charge >= 0.3 is 0 Å². The molecule has 6 heteroatoms. The van der Waals surface area contributed by atoms with Crippen molar-refractivity contribution in [3.63, 3.8) is 0 Å². The molecule has 0 spiro atoms. The number of thiophene rings is 1. The van der Waals surface area contributed by atoms with Crippen LogP contribution in [0.15, 0.2) is 71.4 Å². The highest BCUT2D eigenvalue weighted by Gasteiger charge is 2.13. The first-order valence-electron chi connectivity index (χ1n) is 10.1. The molecule has 5 nitrogen and oxygen atoms in total. The number of ether oxygens (including phenoxy) is 1. The van der Waals surface area contributed by atoms with Crippen molar-refractivity contribution < 1.29 is 9.53 Å². The summed E-state index contributed by atoms with van der Waals surface area (Å²) in [5.74, 6) is 0.498. The predicted octanol–water partition coefficient (Wildman–Crippen LogP) is 6.13. The Hall–Kier alpha value is -3.95. The van der Waals surface area contributed by atoms with Crippen LogP contribution in [0.1, 0.15) is 32.7 Å². The Morgan fingerprint density at radius 2 is 2.00 bits per heavy atom. The Balaban J connectivity index is 1.43. The van der Waals surface area contributed by atoms with Crippen LogP contribution in [0.4, 0.5) is 5.69 Å². The summed E-state index contributed by atoms with van der Waals surface area (Å²) in [6.07, 6.45) is 0. The van der Waals surface area contributed by atoms with Gasteiger partial charge in [0.25, 0.3) is 5.91 Å². The van der Waals surface area contributed by atoms with Crippen LogP contribution in [-0.4, -0.2) is 10.9 Å². The number of aromatic nitrogens is 1. The van der Waals surface area contributed by atoms with Crippen LogP contribution in [0.3, 0.4) is 0 Å². The van der Waals surface area contributed by atoms with Gasteiger partial charge in [-0.3, -0.25) is 9.78 Å². The summed E-state index contributed by atoms with van der Waals surface area (Å²) in [4.78, 5) is 17.4. The predicted molar refractivity (Wildman–Crippen MR) is 127 cm³/mol. The van der Waals surface area contributed by atoms with E-state index in [0.29, 0.717) is 29.2 Å². The molecule has 32 heavy (non-hydrogen) atoms. The van der Waals surface area contributed by atoms with Crippen molar-refractivity contribution in [2.24, 2.45) is 0 Å². The smallest absolute Gasteiger partial charge is 0.257 e. The molecular formula is C26H21N3O2S. The average Bonchev–Trinajstić information content (AvgIpc) is 3.34. The molecule has 2 aromatic heterocycles. The van der Waals surface area contributed by atoms with Crippen LogP contribution in [0, 0.1) is 25.2 Å². The Bertz CT molecular complexity index is 1310. The molecule has 0 fully saturated rings. The van der Waals surface area contributed by atoms with Gasteiger partial charge in [0.15, 0.2) is 0 Å². The molecule has 0 aliphatic rings. The summed E-state index contributed by atoms with van der Waals surface area (Å²) in [6, 6.07) is 20.7. The quantitative estimate of drug-likeness (QED) is 0.392. The van der Waals surface area contributed by atoms with Crippen molar-refractivity contribution >= 4 is 22.9 Å². The largest absolute Gasteiger partial charge is 0.489 e. The molecule has 0 saturated carbocycles. The zero-order valence-electron chi connectivity index (χ0n) is 17.8. The van der Waals surface area contributed by atoms with Crippen LogP contribution < -0.4 is 10.1 Å². The summed E-state index contributed by atoms with van der Waals surface area (Å²) in [5.41, 5.74) is 6.28. The fraction of sp³-hybridized carbons (Fsp3) is 0.115. The normalized spacial score (nSPS) is 10.4. The molecule has 4 rings (SSSR count). The topological polar surface area (TPSA) is 75.0 Å².